The number of carbonyl (C=O) groups excluding carboxylic acids is 2. The molecule has 2 fully saturated rings. The van der Waals surface area contributed by atoms with E-state index in [2.05, 4.69) is 31.4 Å². The molecule has 0 radical (unpaired) electrons. The molecule has 1 aliphatic carbocycles. The lowest BCUT2D eigenvalue weighted by Gasteiger charge is -2.38. The Morgan fingerprint density at radius 1 is 1.21 bits per heavy atom. The van der Waals surface area contributed by atoms with Crippen molar-refractivity contribution in [2.45, 2.75) is 53.0 Å². The maximum absolute atomic E-state index is 12.4. The lowest BCUT2D eigenvalue weighted by Crippen LogP contribution is -2.46. The molecule has 0 aromatic heterocycles. The smallest absolute Gasteiger partial charge is 0.170 e. The molecule has 2 rings (SSSR count). The molecule has 1 unspecified atom stereocenters. The summed E-state index contributed by atoms with van der Waals surface area (Å²) >= 11 is 0. The molecule has 2 N–H and O–H groups in total. The average molecular weight is 264 g/mol. The summed E-state index contributed by atoms with van der Waals surface area (Å²) in [6, 6.07) is 0.308. The Morgan fingerprint density at radius 3 is 2.26 bits per heavy atom. The first-order chi connectivity index (χ1) is 8.83. The molecule has 0 amide bonds. The van der Waals surface area contributed by atoms with Crippen LogP contribution in [0, 0.1) is 11.3 Å². The van der Waals surface area contributed by atoms with Gasteiger partial charge in [-0.15, -0.1) is 0 Å². The van der Waals surface area contributed by atoms with Gasteiger partial charge < -0.3 is 10.6 Å². The topological polar surface area (TPSA) is 58.2 Å². The van der Waals surface area contributed by atoms with Crippen LogP contribution in [-0.2, 0) is 9.59 Å². The van der Waals surface area contributed by atoms with Crippen LogP contribution in [0.3, 0.4) is 0 Å². The molecule has 1 saturated heterocycles. The van der Waals surface area contributed by atoms with Gasteiger partial charge in [-0.25, -0.2) is 0 Å². The largest absolute Gasteiger partial charge is 0.371 e. The number of allylic oxidation sites excluding steroid dienone is 1. The predicted molar refractivity (Wildman–Crippen MR) is 74.4 cm³/mol. The Labute approximate surface area is 115 Å². The molecular formula is C15H24N2O2. The molecule has 4 nitrogen and oxygen atoms in total. The van der Waals surface area contributed by atoms with E-state index < -0.39 is 0 Å². The van der Waals surface area contributed by atoms with Crippen LogP contribution in [0.2, 0.25) is 0 Å². The maximum Gasteiger partial charge on any atom is 0.170 e. The number of ketones is 2. The van der Waals surface area contributed by atoms with E-state index in [0.29, 0.717) is 36.2 Å². The van der Waals surface area contributed by atoms with Crippen molar-refractivity contribution in [3.05, 3.63) is 11.4 Å². The fraction of sp³-hybridized carbons (Fsp3) is 0.733. The highest BCUT2D eigenvalue weighted by molar-refractivity contribution is 6.22. The summed E-state index contributed by atoms with van der Waals surface area (Å²) in [6.45, 7) is 9.08. The van der Waals surface area contributed by atoms with Crippen molar-refractivity contribution in [1.29, 1.82) is 0 Å². The lowest BCUT2D eigenvalue weighted by molar-refractivity contribution is -0.129. The zero-order valence-corrected chi connectivity index (χ0v) is 12.3. The van der Waals surface area contributed by atoms with Crippen LogP contribution in [0.25, 0.3) is 0 Å². The number of hydrogen-bond acceptors (Lipinski definition) is 4. The Bertz CT molecular complexity index is 417. The fourth-order valence-electron chi connectivity index (χ4n) is 2.76. The van der Waals surface area contributed by atoms with Crippen molar-refractivity contribution in [3.63, 3.8) is 0 Å². The van der Waals surface area contributed by atoms with Crippen molar-refractivity contribution < 1.29 is 9.59 Å². The van der Waals surface area contributed by atoms with Gasteiger partial charge in [-0.2, -0.15) is 0 Å². The van der Waals surface area contributed by atoms with E-state index in [9.17, 15) is 9.59 Å². The van der Waals surface area contributed by atoms with Gasteiger partial charge in [0.1, 0.15) is 11.4 Å². The van der Waals surface area contributed by atoms with Crippen molar-refractivity contribution >= 4 is 11.6 Å². The summed E-state index contributed by atoms with van der Waals surface area (Å²) in [5.74, 6) is 0.950. The summed E-state index contributed by atoms with van der Waals surface area (Å²) in [7, 11) is 0. The van der Waals surface area contributed by atoms with Crippen LogP contribution in [0.5, 0.6) is 0 Å². The van der Waals surface area contributed by atoms with Crippen molar-refractivity contribution in [3.8, 4) is 0 Å². The minimum atomic E-state index is -0.196. The van der Waals surface area contributed by atoms with Gasteiger partial charge in [0.2, 0.25) is 0 Å². The SMILES string of the molecule is CC1CCNC(=C2C(=O)CC(C)(C(C)C)CC2=O)N1. The number of hydrogen-bond donors (Lipinski definition) is 2. The lowest BCUT2D eigenvalue weighted by atomic mass is 9.66. The summed E-state index contributed by atoms with van der Waals surface area (Å²) in [6.07, 6.45) is 1.93. The molecule has 1 aliphatic heterocycles. The molecule has 0 aromatic rings. The molecule has 2 aliphatic rings. The highest BCUT2D eigenvalue weighted by Crippen LogP contribution is 2.41. The number of rotatable bonds is 1. The molecule has 19 heavy (non-hydrogen) atoms. The third-order valence-electron chi connectivity index (χ3n) is 4.60. The summed E-state index contributed by atoms with van der Waals surface area (Å²) < 4.78 is 0. The van der Waals surface area contributed by atoms with Crippen LogP contribution in [-0.4, -0.2) is 24.2 Å². The monoisotopic (exact) mass is 264 g/mol. The van der Waals surface area contributed by atoms with Gasteiger partial charge in [0.25, 0.3) is 0 Å². The summed E-state index contributed by atoms with van der Waals surface area (Å²) in [5.41, 5.74) is 0.170. The maximum atomic E-state index is 12.4. The second-order valence-electron chi connectivity index (χ2n) is 6.52. The van der Waals surface area contributed by atoms with Crippen molar-refractivity contribution in [1.82, 2.24) is 10.6 Å². The fourth-order valence-corrected chi connectivity index (χ4v) is 2.76. The van der Waals surface area contributed by atoms with Crippen molar-refractivity contribution in [2.24, 2.45) is 11.3 Å². The Kier molecular flexibility index (Phi) is 3.70. The van der Waals surface area contributed by atoms with Gasteiger partial charge in [-0.05, 0) is 24.7 Å². The Morgan fingerprint density at radius 2 is 1.79 bits per heavy atom. The Balaban J connectivity index is 2.28. The van der Waals surface area contributed by atoms with Gasteiger partial charge in [0.05, 0.1) is 0 Å². The molecular weight excluding hydrogens is 240 g/mol. The molecule has 106 valence electrons. The molecule has 0 aromatic carbocycles. The zero-order chi connectivity index (χ0) is 14.2. The first kappa shape index (κ1) is 14.1. The number of nitrogens with one attached hydrogen (secondary N) is 2. The van der Waals surface area contributed by atoms with E-state index >= 15 is 0 Å². The van der Waals surface area contributed by atoms with Crippen LogP contribution in [0.1, 0.15) is 47.0 Å². The minimum Gasteiger partial charge on any atom is -0.371 e. The van der Waals surface area contributed by atoms with E-state index in [1.165, 1.54) is 0 Å². The van der Waals surface area contributed by atoms with Gasteiger partial charge in [-0.3, -0.25) is 9.59 Å². The molecule has 0 bridgehead atoms. The first-order valence-corrected chi connectivity index (χ1v) is 7.14. The molecule has 1 heterocycles. The van der Waals surface area contributed by atoms with E-state index in [4.69, 9.17) is 0 Å². The van der Waals surface area contributed by atoms with Gasteiger partial charge >= 0.3 is 0 Å². The first-order valence-electron chi connectivity index (χ1n) is 7.14. The van der Waals surface area contributed by atoms with Crippen LogP contribution >= 0.6 is 0 Å². The van der Waals surface area contributed by atoms with Crippen molar-refractivity contribution in [2.75, 3.05) is 6.54 Å². The molecule has 1 saturated carbocycles. The van der Waals surface area contributed by atoms with E-state index in [-0.39, 0.29) is 17.0 Å². The standard InChI is InChI=1S/C15H24N2O2/c1-9(2)15(4)7-11(18)13(12(19)8-15)14-16-6-5-10(3)17-14/h9-10,16-17H,5-8H2,1-4H3. The third-order valence-corrected chi connectivity index (χ3v) is 4.60. The number of Topliss-reactive ketones (excluding diaryl/α,β-unsaturated/α-hetero) is 2. The van der Waals surface area contributed by atoms with E-state index in [1.807, 2.05) is 6.92 Å². The average Bonchev–Trinajstić information content (AvgIpc) is 2.27. The molecule has 1 atom stereocenters. The summed E-state index contributed by atoms with van der Waals surface area (Å²) in [4.78, 5) is 24.7. The highest BCUT2D eigenvalue weighted by Gasteiger charge is 2.42. The van der Waals surface area contributed by atoms with Crippen LogP contribution < -0.4 is 10.6 Å². The van der Waals surface area contributed by atoms with Crippen LogP contribution in [0.15, 0.2) is 11.4 Å². The second-order valence-corrected chi connectivity index (χ2v) is 6.52. The molecule has 4 heteroatoms. The third kappa shape index (κ3) is 2.67. The van der Waals surface area contributed by atoms with Gasteiger partial charge in [0, 0.05) is 25.4 Å². The van der Waals surface area contributed by atoms with E-state index in [0.717, 1.165) is 13.0 Å². The zero-order valence-electron chi connectivity index (χ0n) is 12.3. The summed E-state index contributed by atoms with van der Waals surface area (Å²) in [5, 5.41) is 6.39. The molecule has 0 spiro atoms. The quantitative estimate of drug-likeness (QED) is 0.560. The van der Waals surface area contributed by atoms with Gasteiger partial charge in [-0.1, -0.05) is 20.8 Å². The van der Waals surface area contributed by atoms with Gasteiger partial charge in [0.15, 0.2) is 11.6 Å². The second kappa shape index (κ2) is 4.99. The predicted octanol–water partition coefficient (Wildman–Crippen LogP) is 1.76. The van der Waals surface area contributed by atoms with Crippen LogP contribution in [0.4, 0.5) is 0 Å². The highest BCUT2D eigenvalue weighted by atomic mass is 16.2. The van der Waals surface area contributed by atoms with E-state index in [1.54, 1.807) is 0 Å². The minimum absolute atomic E-state index is 0.0171. The normalized spacial score (nSPS) is 32.4. The Hall–Kier alpha value is -1.32. The number of carbonyl (C=O) groups is 2.